The van der Waals surface area contributed by atoms with Gasteiger partial charge in [-0.3, -0.25) is 0 Å². The summed E-state index contributed by atoms with van der Waals surface area (Å²) in [5, 5.41) is 9.06. The third kappa shape index (κ3) is 5.27. The summed E-state index contributed by atoms with van der Waals surface area (Å²) >= 11 is 0. The highest BCUT2D eigenvalue weighted by Gasteiger charge is 2.10. The van der Waals surface area contributed by atoms with Crippen molar-refractivity contribution in [3.8, 4) is 5.75 Å². The Bertz CT molecular complexity index is 796. The first-order valence-corrected chi connectivity index (χ1v) is 8.82. The van der Waals surface area contributed by atoms with Crippen LogP contribution in [-0.2, 0) is 30.5 Å². The van der Waals surface area contributed by atoms with E-state index in [4.69, 9.17) is 9.84 Å². The zero-order valence-electron chi connectivity index (χ0n) is 15.3. The molecule has 2 aromatic carbocycles. The summed E-state index contributed by atoms with van der Waals surface area (Å²) in [4.78, 5) is 11.5. The van der Waals surface area contributed by atoms with E-state index in [-0.39, 0.29) is 23.7 Å². The van der Waals surface area contributed by atoms with Gasteiger partial charge in [0.1, 0.15) is 11.6 Å². The molecule has 0 spiro atoms. The van der Waals surface area contributed by atoms with Gasteiger partial charge in [0.2, 0.25) is 0 Å². The van der Waals surface area contributed by atoms with E-state index in [1.165, 1.54) is 17.2 Å². The predicted octanol–water partition coefficient (Wildman–Crippen LogP) is 4.19. The standard InChI is InChI=1S/C22H25FO3/c1-4-17-13-16(11-12-24)5-6-18(17)7-8-19-9-10-20(14-21(19)23)26-22(25)15(2)3/h5-6,9-10,13-14,24H,2,4,7-8,11-12H2,1,3H3. The topological polar surface area (TPSA) is 46.5 Å². The molecule has 26 heavy (non-hydrogen) atoms. The minimum Gasteiger partial charge on any atom is -0.423 e. The van der Waals surface area contributed by atoms with Crippen LogP contribution in [0.25, 0.3) is 0 Å². The molecule has 0 unspecified atom stereocenters. The third-order valence-corrected chi connectivity index (χ3v) is 4.30. The van der Waals surface area contributed by atoms with Gasteiger partial charge in [0.25, 0.3) is 0 Å². The second kappa shape index (κ2) is 9.30. The lowest BCUT2D eigenvalue weighted by molar-refractivity contribution is -0.130. The second-order valence-corrected chi connectivity index (χ2v) is 6.35. The molecular formula is C22H25FO3. The van der Waals surface area contributed by atoms with Gasteiger partial charge in [-0.2, -0.15) is 0 Å². The van der Waals surface area contributed by atoms with Crippen molar-refractivity contribution in [3.05, 3.63) is 76.6 Å². The molecule has 0 fully saturated rings. The van der Waals surface area contributed by atoms with Gasteiger partial charge in [0, 0.05) is 18.2 Å². The Kier molecular flexibility index (Phi) is 7.10. The summed E-state index contributed by atoms with van der Waals surface area (Å²) in [6.07, 6.45) is 2.83. The number of halogens is 1. The molecule has 1 N–H and O–H groups in total. The Morgan fingerprint density at radius 1 is 1.08 bits per heavy atom. The molecule has 0 atom stereocenters. The largest absolute Gasteiger partial charge is 0.423 e. The minimum absolute atomic E-state index is 0.135. The van der Waals surface area contributed by atoms with Crippen molar-refractivity contribution < 1.29 is 19.0 Å². The van der Waals surface area contributed by atoms with Gasteiger partial charge in [-0.25, -0.2) is 9.18 Å². The van der Waals surface area contributed by atoms with Gasteiger partial charge in [-0.1, -0.05) is 37.8 Å². The SMILES string of the molecule is C=C(C)C(=O)Oc1ccc(CCc2ccc(CCO)cc2CC)c(F)c1. The minimum atomic E-state index is -0.562. The molecular weight excluding hydrogens is 331 g/mol. The fraction of sp³-hybridized carbons (Fsp3) is 0.318. The average Bonchev–Trinajstić information content (AvgIpc) is 2.61. The number of aliphatic hydroxyl groups is 1. The lowest BCUT2D eigenvalue weighted by Crippen LogP contribution is -2.08. The summed E-state index contributed by atoms with van der Waals surface area (Å²) in [7, 11) is 0. The fourth-order valence-corrected chi connectivity index (χ4v) is 2.79. The normalized spacial score (nSPS) is 10.6. The maximum absolute atomic E-state index is 14.3. The van der Waals surface area contributed by atoms with Crippen molar-refractivity contribution in [3.63, 3.8) is 0 Å². The Hall–Kier alpha value is -2.46. The highest BCUT2D eigenvalue weighted by atomic mass is 19.1. The van der Waals surface area contributed by atoms with Crippen LogP contribution in [0.2, 0.25) is 0 Å². The molecule has 2 rings (SSSR count). The van der Waals surface area contributed by atoms with Gasteiger partial charge in [0.05, 0.1) is 0 Å². The van der Waals surface area contributed by atoms with E-state index < -0.39 is 5.97 Å². The van der Waals surface area contributed by atoms with Crippen molar-refractivity contribution >= 4 is 5.97 Å². The van der Waals surface area contributed by atoms with E-state index in [0.29, 0.717) is 18.4 Å². The van der Waals surface area contributed by atoms with Crippen molar-refractivity contribution in [1.82, 2.24) is 0 Å². The van der Waals surface area contributed by atoms with E-state index in [0.717, 1.165) is 18.4 Å². The molecule has 138 valence electrons. The van der Waals surface area contributed by atoms with Crippen LogP contribution in [-0.4, -0.2) is 17.7 Å². The van der Waals surface area contributed by atoms with Crippen molar-refractivity contribution in [1.29, 1.82) is 0 Å². The Morgan fingerprint density at radius 2 is 1.77 bits per heavy atom. The lowest BCUT2D eigenvalue weighted by Gasteiger charge is -2.11. The molecule has 0 saturated heterocycles. The maximum atomic E-state index is 14.3. The third-order valence-electron chi connectivity index (χ3n) is 4.30. The van der Waals surface area contributed by atoms with E-state index in [9.17, 15) is 9.18 Å². The monoisotopic (exact) mass is 356 g/mol. The van der Waals surface area contributed by atoms with Crippen molar-refractivity contribution in [2.24, 2.45) is 0 Å². The highest BCUT2D eigenvalue weighted by Crippen LogP contribution is 2.21. The van der Waals surface area contributed by atoms with Gasteiger partial charge >= 0.3 is 5.97 Å². The number of ether oxygens (including phenoxy) is 1. The summed E-state index contributed by atoms with van der Waals surface area (Å²) in [6, 6.07) is 10.7. The summed E-state index contributed by atoms with van der Waals surface area (Å²) in [6.45, 7) is 7.28. The first-order chi connectivity index (χ1) is 12.4. The van der Waals surface area contributed by atoms with Crippen LogP contribution in [0.15, 0.2) is 48.6 Å². The van der Waals surface area contributed by atoms with Gasteiger partial charge in [-0.05, 0) is 60.9 Å². The fourth-order valence-electron chi connectivity index (χ4n) is 2.79. The zero-order chi connectivity index (χ0) is 19.1. The first kappa shape index (κ1) is 19.9. The van der Waals surface area contributed by atoms with E-state index in [1.807, 2.05) is 6.07 Å². The molecule has 0 aliphatic rings. The van der Waals surface area contributed by atoms with Gasteiger partial charge in [0.15, 0.2) is 0 Å². The van der Waals surface area contributed by atoms with Gasteiger partial charge in [-0.15, -0.1) is 0 Å². The number of benzene rings is 2. The lowest BCUT2D eigenvalue weighted by atomic mass is 9.95. The molecule has 0 radical (unpaired) electrons. The van der Waals surface area contributed by atoms with E-state index in [1.54, 1.807) is 19.1 Å². The Morgan fingerprint density at radius 3 is 2.38 bits per heavy atom. The number of carbonyl (C=O) groups is 1. The molecule has 0 aliphatic carbocycles. The molecule has 3 nitrogen and oxygen atoms in total. The first-order valence-electron chi connectivity index (χ1n) is 8.82. The maximum Gasteiger partial charge on any atom is 0.338 e. The number of rotatable bonds is 8. The average molecular weight is 356 g/mol. The second-order valence-electron chi connectivity index (χ2n) is 6.35. The number of hydrogen-bond donors (Lipinski definition) is 1. The van der Waals surface area contributed by atoms with Crippen LogP contribution in [0.3, 0.4) is 0 Å². The molecule has 2 aromatic rings. The summed E-state index contributed by atoms with van der Waals surface area (Å²) < 4.78 is 19.4. The molecule has 0 aromatic heterocycles. The van der Waals surface area contributed by atoms with Crippen molar-refractivity contribution in [2.45, 2.75) is 39.5 Å². The Balaban J connectivity index is 2.07. The molecule has 0 heterocycles. The van der Waals surface area contributed by atoms with Crippen LogP contribution >= 0.6 is 0 Å². The number of aliphatic hydroxyl groups excluding tert-OH is 1. The number of hydrogen-bond acceptors (Lipinski definition) is 3. The zero-order valence-corrected chi connectivity index (χ0v) is 15.3. The van der Waals surface area contributed by atoms with E-state index in [2.05, 4.69) is 25.6 Å². The smallest absolute Gasteiger partial charge is 0.338 e. The van der Waals surface area contributed by atoms with Crippen LogP contribution in [0.5, 0.6) is 5.75 Å². The predicted molar refractivity (Wildman–Crippen MR) is 101 cm³/mol. The number of esters is 1. The van der Waals surface area contributed by atoms with Gasteiger partial charge < -0.3 is 9.84 Å². The molecule has 4 heteroatoms. The number of carbonyl (C=O) groups excluding carboxylic acids is 1. The summed E-state index contributed by atoms with van der Waals surface area (Å²) in [5.41, 5.74) is 4.38. The van der Waals surface area contributed by atoms with Crippen LogP contribution in [0.1, 0.15) is 36.1 Å². The van der Waals surface area contributed by atoms with E-state index >= 15 is 0 Å². The number of aryl methyl sites for hydroxylation is 3. The Labute approximate surface area is 154 Å². The van der Waals surface area contributed by atoms with Crippen molar-refractivity contribution in [2.75, 3.05) is 6.61 Å². The molecule has 0 saturated carbocycles. The van der Waals surface area contributed by atoms with Crippen LogP contribution in [0, 0.1) is 5.82 Å². The van der Waals surface area contributed by atoms with Crippen LogP contribution in [0.4, 0.5) is 4.39 Å². The quantitative estimate of drug-likeness (QED) is 0.438. The van der Waals surface area contributed by atoms with Crippen LogP contribution < -0.4 is 4.74 Å². The molecule has 0 amide bonds. The highest BCUT2D eigenvalue weighted by molar-refractivity contribution is 5.88. The molecule has 0 bridgehead atoms. The molecule has 0 aliphatic heterocycles. The summed E-state index contributed by atoms with van der Waals surface area (Å²) in [5.74, 6) is -0.762.